The van der Waals surface area contributed by atoms with Crippen LogP contribution in [0.25, 0.3) is 0 Å². The standard InChI is InChI=1S/C14H15BrN2S/c1-10(16-2)13-7-4-8-17-14(13)18-12-6-3-5-11(15)9-12/h3-10,16H,1-2H3. The molecule has 0 bridgehead atoms. The van der Waals surface area contributed by atoms with Gasteiger partial charge >= 0.3 is 0 Å². The second-order valence-corrected chi connectivity index (χ2v) is 5.95. The van der Waals surface area contributed by atoms with Crippen LogP contribution in [-0.4, -0.2) is 12.0 Å². The van der Waals surface area contributed by atoms with Crippen molar-refractivity contribution >= 4 is 27.7 Å². The largest absolute Gasteiger partial charge is 0.313 e. The van der Waals surface area contributed by atoms with E-state index in [0.717, 1.165) is 9.50 Å². The average molecular weight is 323 g/mol. The first-order valence-corrected chi connectivity index (χ1v) is 7.37. The minimum absolute atomic E-state index is 0.299. The molecule has 0 fully saturated rings. The molecule has 1 aromatic heterocycles. The second-order valence-electron chi connectivity index (χ2n) is 3.97. The van der Waals surface area contributed by atoms with E-state index >= 15 is 0 Å². The predicted molar refractivity (Wildman–Crippen MR) is 80.0 cm³/mol. The zero-order valence-electron chi connectivity index (χ0n) is 10.4. The molecule has 0 spiro atoms. The molecule has 0 amide bonds. The van der Waals surface area contributed by atoms with E-state index in [1.165, 1.54) is 10.5 Å². The van der Waals surface area contributed by atoms with Crippen LogP contribution >= 0.6 is 27.7 Å². The van der Waals surface area contributed by atoms with Crippen molar-refractivity contribution in [3.63, 3.8) is 0 Å². The summed E-state index contributed by atoms with van der Waals surface area (Å²) >= 11 is 5.18. The summed E-state index contributed by atoms with van der Waals surface area (Å²) in [7, 11) is 1.96. The highest BCUT2D eigenvalue weighted by molar-refractivity contribution is 9.10. The van der Waals surface area contributed by atoms with E-state index in [9.17, 15) is 0 Å². The minimum atomic E-state index is 0.299. The molecule has 0 aliphatic rings. The Morgan fingerprint density at radius 3 is 2.83 bits per heavy atom. The quantitative estimate of drug-likeness (QED) is 0.909. The van der Waals surface area contributed by atoms with Crippen LogP contribution in [0.15, 0.2) is 57.0 Å². The highest BCUT2D eigenvalue weighted by Crippen LogP contribution is 2.32. The summed E-state index contributed by atoms with van der Waals surface area (Å²) in [6.07, 6.45) is 1.84. The summed E-state index contributed by atoms with van der Waals surface area (Å²) < 4.78 is 1.09. The number of aromatic nitrogens is 1. The molecule has 0 saturated carbocycles. The zero-order valence-corrected chi connectivity index (χ0v) is 12.8. The molecule has 1 atom stereocenters. The van der Waals surface area contributed by atoms with E-state index in [-0.39, 0.29) is 0 Å². The van der Waals surface area contributed by atoms with Gasteiger partial charge in [-0.25, -0.2) is 4.98 Å². The molecule has 2 rings (SSSR count). The van der Waals surface area contributed by atoms with Crippen molar-refractivity contribution in [1.29, 1.82) is 0 Å². The Balaban J connectivity index is 2.29. The van der Waals surface area contributed by atoms with Crippen molar-refractivity contribution in [2.75, 3.05) is 7.05 Å². The molecule has 18 heavy (non-hydrogen) atoms. The van der Waals surface area contributed by atoms with E-state index in [2.05, 4.69) is 51.4 Å². The van der Waals surface area contributed by atoms with Crippen LogP contribution in [0.2, 0.25) is 0 Å². The Labute approximate surface area is 120 Å². The normalized spacial score (nSPS) is 12.4. The van der Waals surface area contributed by atoms with Crippen LogP contribution in [0.4, 0.5) is 0 Å². The summed E-state index contributed by atoms with van der Waals surface area (Å²) in [6.45, 7) is 2.14. The van der Waals surface area contributed by atoms with Crippen LogP contribution in [0.1, 0.15) is 18.5 Å². The van der Waals surface area contributed by atoms with Crippen molar-refractivity contribution < 1.29 is 0 Å². The van der Waals surface area contributed by atoms with E-state index in [1.807, 2.05) is 31.4 Å². The van der Waals surface area contributed by atoms with Crippen molar-refractivity contribution in [3.8, 4) is 0 Å². The first-order valence-electron chi connectivity index (χ1n) is 5.76. The van der Waals surface area contributed by atoms with E-state index in [0.29, 0.717) is 6.04 Å². The Kier molecular flexibility index (Phi) is 4.80. The molecular formula is C14H15BrN2S. The van der Waals surface area contributed by atoms with Crippen molar-refractivity contribution in [3.05, 3.63) is 52.6 Å². The number of hydrogen-bond donors (Lipinski definition) is 1. The summed E-state index contributed by atoms with van der Waals surface area (Å²) in [5.41, 5.74) is 1.23. The van der Waals surface area contributed by atoms with Gasteiger partial charge in [-0.2, -0.15) is 0 Å². The molecule has 1 aromatic carbocycles. The highest BCUT2D eigenvalue weighted by atomic mass is 79.9. The van der Waals surface area contributed by atoms with Gasteiger partial charge in [0.05, 0.1) is 0 Å². The molecule has 0 aliphatic carbocycles. The van der Waals surface area contributed by atoms with Crippen molar-refractivity contribution in [1.82, 2.24) is 10.3 Å². The van der Waals surface area contributed by atoms with Gasteiger partial charge in [-0.1, -0.05) is 39.8 Å². The minimum Gasteiger partial charge on any atom is -0.313 e. The number of halogens is 1. The van der Waals surface area contributed by atoms with Gasteiger partial charge in [-0.05, 0) is 38.2 Å². The van der Waals surface area contributed by atoms with Gasteiger partial charge in [0.2, 0.25) is 0 Å². The number of pyridine rings is 1. The molecule has 4 heteroatoms. The lowest BCUT2D eigenvalue weighted by Crippen LogP contribution is -2.13. The Morgan fingerprint density at radius 2 is 2.11 bits per heavy atom. The van der Waals surface area contributed by atoms with Crippen LogP contribution < -0.4 is 5.32 Å². The molecule has 1 heterocycles. The lowest BCUT2D eigenvalue weighted by Gasteiger charge is -2.14. The number of benzene rings is 1. The van der Waals surface area contributed by atoms with Gasteiger partial charge < -0.3 is 5.32 Å². The molecule has 2 nitrogen and oxygen atoms in total. The number of nitrogens with zero attached hydrogens (tertiary/aromatic N) is 1. The maximum Gasteiger partial charge on any atom is 0.105 e. The fourth-order valence-corrected chi connectivity index (χ4v) is 3.20. The number of rotatable bonds is 4. The maximum absolute atomic E-state index is 4.48. The van der Waals surface area contributed by atoms with Crippen LogP contribution in [-0.2, 0) is 0 Å². The first-order chi connectivity index (χ1) is 8.70. The number of hydrogen-bond acceptors (Lipinski definition) is 3. The molecule has 94 valence electrons. The summed E-state index contributed by atoms with van der Waals surface area (Å²) in [5, 5.41) is 4.31. The van der Waals surface area contributed by atoms with Gasteiger partial charge in [0.15, 0.2) is 0 Å². The highest BCUT2D eigenvalue weighted by Gasteiger charge is 2.10. The van der Waals surface area contributed by atoms with Gasteiger partial charge in [-0.15, -0.1) is 0 Å². The molecule has 0 saturated heterocycles. The van der Waals surface area contributed by atoms with Gasteiger partial charge in [0.25, 0.3) is 0 Å². The zero-order chi connectivity index (χ0) is 13.0. The summed E-state index contributed by atoms with van der Waals surface area (Å²) in [5.74, 6) is 0. The van der Waals surface area contributed by atoms with E-state index in [4.69, 9.17) is 0 Å². The molecule has 1 N–H and O–H groups in total. The third-order valence-electron chi connectivity index (χ3n) is 2.71. The first kappa shape index (κ1) is 13.6. The van der Waals surface area contributed by atoms with E-state index in [1.54, 1.807) is 11.8 Å². The Morgan fingerprint density at radius 1 is 1.28 bits per heavy atom. The summed E-state index contributed by atoms with van der Waals surface area (Å²) in [4.78, 5) is 5.67. The topological polar surface area (TPSA) is 24.9 Å². The van der Waals surface area contributed by atoms with E-state index < -0.39 is 0 Å². The van der Waals surface area contributed by atoms with Crippen LogP contribution in [0.3, 0.4) is 0 Å². The molecular weight excluding hydrogens is 308 g/mol. The molecule has 0 radical (unpaired) electrons. The lowest BCUT2D eigenvalue weighted by molar-refractivity contribution is 0.634. The van der Waals surface area contributed by atoms with Crippen LogP contribution in [0.5, 0.6) is 0 Å². The third-order valence-corrected chi connectivity index (χ3v) is 4.23. The molecule has 2 aromatic rings. The smallest absolute Gasteiger partial charge is 0.105 e. The van der Waals surface area contributed by atoms with Crippen molar-refractivity contribution in [2.45, 2.75) is 22.9 Å². The average Bonchev–Trinajstić information content (AvgIpc) is 2.38. The lowest BCUT2D eigenvalue weighted by atomic mass is 10.1. The Bertz CT molecular complexity index is 531. The van der Waals surface area contributed by atoms with Gasteiger partial charge in [-0.3, -0.25) is 0 Å². The fraction of sp³-hybridized carbons (Fsp3) is 0.214. The maximum atomic E-state index is 4.48. The monoisotopic (exact) mass is 322 g/mol. The van der Waals surface area contributed by atoms with Gasteiger partial charge in [0, 0.05) is 27.2 Å². The predicted octanol–water partition coefficient (Wildman–Crippen LogP) is 4.28. The molecule has 0 aliphatic heterocycles. The fourth-order valence-electron chi connectivity index (χ4n) is 1.62. The summed E-state index contributed by atoms with van der Waals surface area (Å²) in [6, 6.07) is 12.7. The number of nitrogens with one attached hydrogen (secondary N) is 1. The Hall–Kier alpha value is -0.840. The SMILES string of the molecule is CNC(C)c1cccnc1Sc1cccc(Br)c1. The van der Waals surface area contributed by atoms with Gasteiger partial charge in [0.1, 0.15) is 5.03 Å². The molecule has 1 unspecified atom stereocenters. The van der Waals surface area contributed by atoms with Crippen molar-refractivity contribution in [2.24, 2.45) is 0 Å². The third kappa shape index (κ3) is 3.34. The second kappa shape index (κ2) is 6.36. The van der Waals surface area contributed by atoms with Crippen LogP contribution in [0, 0.1) is 0 Å².